The fourth-order valence-electron chi connectivity index (χ4n) is 1.72. The summed E-state index contributed by atoms with van der Waals surface area (Å²) in [6.07, 6.45) is 0. The Balaban J connectivity index is 2.14. The Morgan fingerprint density at radius 3 is 2.11 bits per heavy atom. The second-order valence-corrected chi connectivity index (χ2v) is 4.77. The van der Waals surface area contributed by atoms with Crippen molar-refractivity contribution in [2.75, 3.05) is 5.32 Å². The van der Waals surface area contributed by atoms with Crippen LogP contribution in [0.25, 0.3) is 0 Å². The van der Waals surface area contributed by atoms with E-state index >= 15 is 0 Å². The number of halogens is 3. The molecule has 100 valence electrons. The lowest BCUT2D eigenvalue weighted by Gasteiger charge is -2.08. The molecule has 0 atom stereocenters. The van der Waals surface area contributed by atoms with Gasteiger partial charge in [0.25, 0.3) is 0 Å². The quantitative estimate of drug-likeness (QED) is 0.942. The number of rotatable bonds is 3. The standard InChI is InChI=1S/C12H11Cl2FN4/c1-6-3-8(4-7(2)9(6)15)5-16-12-18-10(13)17-11(14)19-12/h3-4H,5H2,1-2H3,(H,16,17,18,19). The van der Waals surface area contributed by atoms with Crippen LogP contribution in [0.4, 0.5) is 10.3 Å². The molecule has 1 aromatic heterocycles. The number of hydrogen-bond acceptors (Lipinski definition) is 4. The molecular weight excluding hydrogens is 290 g/mol. The number of nitrogens with zero attached hydrogens (tertiary/aromatic N) is 3. The predicted octanol–water partition coefficient (Wildman–Crippen LogP) is 3.55. The highest BCUT2D eigenvalue weighted by Gasteiger charge is 2.06. The molecule has 0 aliphatic carbocycles. The third-order valence-corrected chi connectivity index (χ3v) is 2.87. The van der Waals surface area contributed by atoms with Crippen LogP contribution >= 0.6 is 23.2 Å². The predicted molar refractivity (Wildman–Crippen MR) is 73.0 cm³/mol. The van der Waals surface area contributed by atoms with Crippen molar-refractivity contribution in [3.8, 4) is 0 Å². The van der Waals surface area contributed by atoms with Gasteiger partial charge in [0.1, 0.15) is 5.82 Å². The van der Waals surface area contributed by atoms with E-state index in [4.69, 9.17) is 23.2 Å². The average molecular weight is 301 g/mol. The van der Waals surface area contributed by atoms with Gasteiger partial charge in [-0.05, 0) is 53.7 Å². The molecule has 0 aliphatic heterocycles. The zero-order valence-electron chi connectivity index (χ0n) is 10.3. The van der Waals surface area contributed by atoms with Gasteiger partial charge in [0.05, 0.1) is 0 Å². The molecule has 19 heavy (non-hydrogen) atoms. The maximum absolute atomic E-state index is 13.5. The van der Waals surface area contributed by atoms with Crippen LogP contribution in [0.15, 0.2) is 12.1 Å². The zero-order valence-corrected chi connectivity index (χ0v) is 11.8. The monoisotopic (exact) mass is 300 g/mol. The van der Waals surface area contributed by atoms with Crippen molar-refractivity contribution < 1.29 is 4.39 Å². The van der Waals surface area contributed by atoms with Crippen LogP contribution in [0.1, 0.15) is 16.7 Å². The van der Waals surface area contributed by atoms with Crippen molar-refractivity contribution in [3.63, 3.8) is 0 Å². The average Bonchev–Trinajstić information content (AvgIpc) is 2.32. The normalized spacial score (nSPS) is 10.6. The lowest BCUT2D eigenvalue weighted by Crippen LogP contribution is -2.06. The molecule has 0 bridgehead atoms. The van der Waals surface area contributed by atoms with Crippen molar-refractivity contribution in [1.82, 2.24) is 15.0 Å². The van der Waals surface area contributed by atoms with E-state index in [2.05, 4.69) is 20.3 Å². The van der Waals surface area contributed by atoms with Gasteiger partial charge in [0.2, 0.25) is 16.5 Å². The van der Waals surface area contributed by atoms with Gasteiger partial charge in [0, 0.05) is 6.54 Å². The van der Waals surface area contributed by atoms with E-state index in [1.54, 1.807) is 26.0 Å². The van der Waals surface area contributed by atoms with Crippen LogP contribution < -0.4 is 5.32 Å². The second-order valence-electron chi connectivity index (χ2n) is 4.09. The number of anilines is 1. The van der Waals surface area contributed by atoms with Gasteiger partial charge >= 0.3 is 0 Å². The van der Waals surface area contributed by atoms with Gasteiger partial charge in [-0.2, -0.15) is 15.0 Å². The van der Waals surface area contributed by atoms with Gasteiger partial charge < -0.3 is 5.32 Å². The fraction of sp³-hybridized carbons (Fsp3) is 0.250. The molecule has 1 N–H and O–H groups in total. The molecule has 0 unspecified atom stereocenters. The van der Waals surface area contributed by atoms with Crippen molar-refractivity contribution in [2.24, 2.45) is 0 Å². The summed E-state index contributed by atoms with van der Waals surface area (Å²) in [6, 6.07) is 3.53. The van der Waals surface area contributed by atoms with Gasteiger partial charge in [0.15, 0.2) is 0 Å². The first-order valence-corrected chi connectivity index (χ1v) is 6.28. The van der Waals surface area contributed by atoms with Gasteiger partial charge in [-0.25, -0.2) is 4.39 Å². The summed E-state index contributed by atoms with van der Waals surface area (Å²) in [7, 11) is 0. The molecular formula is C12H11Cl2FN4. The molecule has 4 nitrogen and oxygen atoms in total. The Hall–Kier alpha value is -1.46. The summed E-state index contributed by atoms with van der Waals surface area (Å²) in [5, 5.41) is 3.01. The molecule has 7 heteroatoms. The van der Waals surface area contributed by atoms with Crippen LogP contribution in [0.5, 0.6) is 0 Å². The maximum Gasteiger partial charge on any atom is 0.228 e. The number of nitrogens with one attached hydrogen (secondary N) is 1. The first-order chi connectivity index (χ1) is 8.95. The molecule has 1 aromatic carbocycles. The van der Waals surface area contributed by atoms with E-state index in [0.29, 0.717) is 17.7 Å². The highest BCUT2D eigenvalue weighted by Crippen LogP contribution is 2.16. The Morgan fingerprint density at radius 1 is 1.05 bits per heavy atom. The number of benzene rings is 1. The third-order valence-electron chi connectivity index (χ3n) is 2.53. The number of hydrogen-bond donors (Lipinski definition) is 1. The number of aryl methyl sites for hydroxylation is 2. The third kappa shape index (κ3) is 3.52. The first-order valence-electron chi connectivity index (χ1n) is 5.52. The summed E-state index contributed by atoms with van der Waals surface area (Å²) in [6.45, 7) is 3.89. The van der Waals surface area contributed by atoms with Crippen molar-refractivity contribution >= 4 is 29.2 Å². The molecule has 0 fully saturated rings. The van der Waals surface area contributed by atoms with Crippen LogP contribution in [-0.2, 0) is 6.54 Å². The minimum atomic E-state index is -0.185. The highest BCUT2D eigenvalue weighted by atomic mass is 35.5. The van der Waals surface area contributed by atoms with E-state index in [-0.39, 0.29) is 22.3 Å². The van der Waals surface area contributed by atoms with E-state index in [9.17, 15) is 4.39 Å². The molecule has 0 aliphatic rings. The van der Waals surface area contributed by atoms with Crippen LogP contribution in [0.2, 0.25) is 10.6 Å². The smallest absolute Gasteiger partial charge is 0.228 e. The topological polar surface area (TPSA) is 50.7 Å². The molecule has 0 radical (unpaired) electrons. The minimum absolute atomic E-state index is 0.0222. The lowest BCUT2D eigenvalue weighted by atomic mass is 10.1. The van der Waals surface area contributed by atoms with E-state index < -0.39 is 0 Å². The minimum Gasteiger partial charge on any atom is -0.350 e. The largest absolute Gasteiger partial charge is 0.350 e. The van der Waals surface area contributed by atoms with Crippen molar-refractivity contribution in [1.29, 1.82) is 0 Å². The van der Waals surface area contributed by atoms with Crippen molar-refractivity contribution in [2.45, 2.75) is 20.4 Å². The molecule has 0 saturated carbocycles. The van der Waals surface area contributed by atoms with Gasteiger partial charge in [-0.1, -0.05) is 12.1 Å². The van der Waals surface area contributed by atoms with E-state index in [1.165, 1.54) is 0 Å². The van der Waals surface area contributed by atoms with Crippen LogP contribution in [0, 0.1) is 19.7 Å². The Bertz CT molecular complexity index is 575. The summed E-state index contributed by atoms with van der Waals surface area (Å²) in [4.78, 5) is 11.4. The Morgan fingerprint density at radius 2 is 1.58 bits per heavy atom. The van der Waals surface area contributed by atoms with E-state index in [0.717, 1.165) is 5.56 Å². The van der Waals surface area contributed by atoms with Gasteiger partial charge in [-0.15, -0.1) is 0 Å². The van der Waals surface area contributed by atoms with Crippen LogP contribution in [0.3, 0.4) is 0 Å². The van der Waals surface area contributed by atoms with E-state index in [1.807, 2.05) is 0 Å². The van der Waals surface area contributed by atoms with Gasteiger partial charge in [-0.3, -0.25) is 0 Å². The second kappa shape index (κ2) is 5.67. The molecule has 0 amide bonds. The molecule has 0 spiro atoms. The Labute approximate surface area is 120 Å². The number of aromatic nitrogens is 3. The summed E-state index contributed by atoms with van der Waals surface area (Å²) in [5.41, 5.74) is 2.12. The Kier molecular flexibility index (Phi) is 4.17. The first kappa shape index (κ1) is 14.0. The van der Waals surface area contributed by atoms with Crippen molar-refractivity contribution in [3.05, 3.63) is 45.2 Å². The molecule has 0 saturated heterocycles. The highest BCUT2D eigenvalue weighted by molar-refractivity contribution is 6.31. The van der Waals surface area contributed by atoms with Crippen LogP contribution in [-0.4, -0.2) is 15.0 Å². The summed E-state index contributed by atoms with van der Waals surface area (Å²) < 4.78 is 13.5. The SMILES string of the molecule is Cc1cc(CNc2nc(Cl)nc(Cl)n2)cc(C)c1F. The molecule has 2 rings (SSSR count). The molecule has 2 aromatic rings. The zero-order chi connectivity index (χ0) is 14.0. The molecule has 1 heterocycles. The fourth-order valence-corrected chi connectivity index (χ4v) is 2.09. The summed E-state index contributed by atoms with van der Waals surface area (Å²) in [5.74, 6) is 0.0969. The summed E-state index contributed by atoms with van der Waals surface area (Å²) >= 11 is 11.3. The lowest BCUT2D eigenvalue weighted by molar-refractivity contribution is 0.608. The maximum atomic E-state index is 13.5.